The summed E-state index contributed by atoms with van der Waals surface area (Å²) >= 11 is 0. The number of nitrogen functional groups attached to an aromatic ring is 1. The minimum atomic E-state index is -1.03. The average molecular weight is 265 g/mol. The quantitative estimate of drug-likeness (QED) is 0.609. The minimum Gasteiger partial charge on any atom is -0.493 e. The molecule has 2 rings (SSSR count). The smallest absolute Gasteiger partial charge is 0.339 e. The Morgan fingerprint density at radius 3 is 3.05 bits per heavy atom. The predicted molar refractivity (Wildman–Crippen MR) is 71.5 cm³/mol. The Morgan fingerprint density at radius 2 is 2.37 bits per heavy atom. The third kappa shape index (κ3) is 3.86. The predicted octanol–water partition coefficient (Wildman–Crippen LogP) is 2.30. The molecule has 1 aliphatic heterocycles. The molecule has 0 aliphatic carbocycles. The Bertz CT molecular complexity index is 441. The molecule has 0 saturated carbocycles. The fourth-order valence-corrected chi connectivity index (χ4v) is 2.21. The van der Waals surface area contributed by atoms with E-state index in [1.54, 1.807) is 12.1 Å². The van der Waals surface area contributed by atoms with Crippen LogP contribution in [-0.4, -0.2) is 30.4 Å². The lowest BCUT2D eigenvalue weighted by molar-refractivity contribution is 0.0691. The number of hydrogen-bond donors (Lipinski definition) is 2. The van der Waals surface area contributed by atoms with E-state index in [1.807, 2.05) is 0 Å². The maximum atomic E-state index is 11.1. The van der Waals surface area contributed by atoms with Crippen molar-refractivity contribution in [3.8, 4) is 5.75 Å². The van der Waals surface area contributed by atoms with Crippen molar-refractivity contribution < 1.29 is 19.4 Å². The summed E-state index contributed by atoms with van der Waals surface area (Å²) in [5.74, 6) is -0.657. The van der Waals surface area contributed by atoms with Crippen molar-refractivity contribution in [1.82, 2.24) is 0 Å². The zero-order valence-corrected chi connectivity index (χ0v) is 10.8. The van der Waals surface area contributed by atoms with Gasteiger partial charge in [0.15, 0.2) is 0 Å². The second-order valence-corrected chi connectivity index (χ2v) is 4.69. The number of ether oxygens (including phenoxy) is 2. The zero-order valence-electron chi connectivity index (χ0n) is 10.8. The summed E-state index contributed by atoms with van der Waals surface area (Å²) in [4.78, 5) is 11.1. The van der Waals surface area contributed by atoms with Crippen molar-refractivity contribution in [3.63, 3.8) is 0 Å². The normalized spacial score (nSPS) is 18.4. The van der Waals surface area contributed by atoms with Crippen molar-refractivity contribution in [3.05, 3.63) is 23.8 Å². The summed E-state index contributed by atoms with van der Waals surface area (Å²) in [6.07, 6.45) is 4.40. The van der Waals surface area contributed by atoms with Crippen LogP contribution in [0.3, 0.4) is 0 Å². The third-order valence-electron chi connectivity index (χ3n) is 3.19. The summed E-state index contributed by atoms with van der Waals surface area (Å²) < 4.78 is 11.0. The molecule has 1 atom stereocenters. The largest absolute Gasteiger partial charge is 0.493 e. The average Bonchev–Trinajstić information content (AvgIpc) is 2.89. The van der Waals surface area contributed by atoms with E-state index in [0.717, 1.165) is 32.3 Å². The van der Waals surface area contributed by atoms with Gasteiger partial charge in [0.05, 0.1) is 12.7 Å². The van der Waals surface area contributed by atoms with Gasteiger partial charge in [0.2, 0.25) is 0 Å². The Labute approximate surface area is 112 Å². The lowest BCUT2D eigenvalue weighted by atomic mass is 10.1. The standard InChI is InChI=1S/C14H19NO4/c15-10-5-6-13(12(9-10)14(16)17)19-8-2-4-11-3-1-7-18-11/h5-6,9,11H,1-4,7-8,15H2,(H,16,17). The van der Waals surface area contributed by atoms with E-state index in [0.29, 0.717) is 24.1 Å². The van der Waals surface area contributed by atoms with Crippen LogP contribution in [0.4, 0.5) is 5.69 Å². The molecule has 1 aromatic rings. The molecule has 0 amide bonds. The topological polar surface area (TPSA) is 81.8 Å². The zero-order chi connectivity index (χ0) is 13.7. The molecule has 1 aromatic carbocycles. The lowest BCUT2D eigenvalue weighted by Crippen LogP contribution is -2.09. The number of nitrogens with two attached hydrogens (primary N) is 1. The molecule has 0 bridgehead atoms. The summed E-state index contributed by atoms with van der Waals surface area (Å²) in [7, 11) is 0. The van der Waals surface area contributed by atoms with Gasteiger partial charge in [-0.3, -0.25) is 0 Å². The van der Waals surface area contributed by atoms with Gasteiger partial charge in [-0.05, 0) is 43.9 Å². The van der Waals surface area contributed by atoms with Crippen LogP contribution in [0.2, 0.25) is 0 Å². The number of carbonyl (C=O) groups is 1. The molecular weight excluding hydrogens is 246 g/mol. The summed E-state index contributed by atoms with van der Waals surface area (Å²) in [6.45, 7) is 1.34. The second-order valence-electron chi connectivity index (χ2n) is 4.69. The molecule has 104 valence electrons. The minimum absolute atomic E-state index is 0.108. The van der Waals surface area contributed by atoms with Gasteiger partial charge in [-0.15, -0.1) is 0 Å². The maximum absolute atomic E-state index is 11.1. The summed E-state index contributed by atoms with van der Waals surface area (Å²) in [5.41, 5.74) is 6.10. The first-order valence-electron chi connectivity index (χ1n) is 6.54. The number of aromatic carboxylic acids is 1. The number of carboxylic acids is 1. The highest BCUT2D eigenvalue weighted by molar-refractivity contribution is 5.92. The molecule has 3 N–H and O–H groups in total. The van der Waals surface area contributed by atoms with Crippen molar-refractivity contribution in [2.45, 2.75) is 31.8 Å². The van der Waals surface area contributed by atoms with Crippen LogP contribution in [0.5, 0.6) is 5.75 Å². The molecule has 1 aliphatic rings. The first-order valence-corrected chi connectivity index (χ1v) is 6.54. The molecule has 0 aromatic heterocycles. The summed E-state index contributed by atoms with van der Waals surface area (Å²) in [5, 5.41) is 9.06. The van der Waals surface area contributed by atoms with Gasteiger partial charge < -0.3 is 20.3 Å². The van der Waals surface area contributed by atoms with Gasteiger partial charge in [-0.25, -0.2) is 4.79 Å². The molecule has 1 fully saturated rings. The Balaban J connectivity index is 1.83. The molecule has 0 spiro atoms. The van der Waals surface area contributed by atoms with Crippen LogP contribution < -0.4 is 10.5 Å². The van der Waals surface area contributed by atoms with Gasteiger partial charge in [0.1, 0.15) is 11.3 Å². The Kier molecular flexibility index (Phi) is 4.63. The van der Waals surface area contributed by atoms with Crippen LogP contribution in [0.15, 0.2) is 18.2 Å². The fourth-order valence-electron chi connectivity index (χ4n) is 2.21. The molecule has 0 radical (unpaired) electrons. The number of carboxylic acid groups (broad SMARTS) is 1. The van der Waals surface area contributed by atoms with Gasteiger partial charge in [0, 0.05) is 12.3 Å². The lowest BCUT2D eigenvalue weighted by Gasteiger charge is -2.11. The van der Waals surface area contributed by atoms with Crippen molar-refractivity contribution in [2.24, 2.45) is 0 Å². The Morgan fingerprint density at radius 1 is 1.53 bits per heavy atom. The third-order valence-corrected chi connectivity index (χ3v) is 3.19. The summed E-state index contributed by atoms with van der Waals surface area (Å²) in [6, 6.07) is 4.66. The molecule has 19 heavy (non-hydrogen) atoms. The van der Waals surface area contributed by atoms with Crippen molar-refractivity contribution >= 4 is 11.7 Å². The van der Waals surface area contributed by atoms with Crippen molar-refractivity contribution in [1.29, 1.82) is 0 Å². The number of hydrogen-bond acceptors (Lipinski definition) is 4. The van der Waals surface area contributed by atoms with Crippen molar-refractivity contribution in [2.75, 3.05) is 18.9 Å². The van der Waals surface area contributed by atoms with Gasteiger partial charge >= 0.3 is 5.97 Å². The highest BCUT2D eigenvalue weighted by Crippen LogP contribution is 2.22. The molecular formula is C14H19NO4. The maximum Gasteiger partial charge on any atom is 0.339 e. The highest BCUT2D eigenvalue weighted by Gasteiger charge is 2.15. The van der Waals surface area contributed by atoms with E-state index < -0.39 is 5.97 Å². The number of benzene rings is 1. The molecule has 5 heteroatoms. The van der Waals surface area contributed by atoms with Crippen LogP contribution >= 0.6 is 0 Å². The van der Waals surface area contributed by atoms with Crippen LogP contribution in [0.1, 0.15) is 36.0 Å². The second kappa shape index (κ2) is 6.43. The SMILES string of the molecule is Nc1ccc(OCCCC2CCCO2)c(C(=O)O)c1. The molecule has 5 nitrogen and oxygen atoms in total. The molecule has 1 heterocycles. The highest BCUT2D eigenvalue weighted by atomic mass is 16.5. The van der Waals surface area contributed by atoms with E-state index in [4.69, 9.17) is 20.3 Å². The van der Waals surface area contributed by atoms with E-state index in [9.17, 15) is 4.79 Å². The first kappa shape index (κ1) is 13.7. The van der Waals surface area contributed by atoms with E-state index in [1.165, 1.54) is 6.07 Å². The van der Waals surface area contributed by atoms with E-state index in [2.05, 4.69) is 0 Å². The fraction of sp³-hybridized carbons (Fsp3) is 0.500. The van der Waals surface area contributed by atoms with Gasteiger partial charge in [-0.1, -0.05) is 0 Å². The Hall–Kier alpha value is -1.75. The van der Waals surface area contributed by atoms with E-state index >= 15 is 0 Å². The monoisotopic (exact) mass is 265 g/mol. The molecule has 1 saturated heterocycles. The molecule has 1 unspecified atom stereocenters. The van der Waals surface area contributed by atoms with Crippen LogP contribution in [0, 0.1) is 0 Å². The van der Waals surface area contributed by atoms with E-state index in [-0.39, 0.29) is 5.56 Å². The number of rotatable bonds is 6. The van der Waals surface area contributed by atoms with Gasteiger partial charge in [0.25, 0.3) is 0 Å². The number of anilines is 1. The first-order chi connectivity index (χ1) is 9.16. The van der Waals surface area contributed by atoms with Gasteiger partial charge in [-0.2, -0.15) is 0 Å². The van der Waals surface area contributed by atoms with Crippen LogP contribution in [0.25, 0.3) is 0 Å². The van der Waals surface area contributed by atoms with Crippen LogP contribution in [-0.2, 0) is 4.74 Å².